The zero-order valence-electron chi connectivity index (χ0n) is 22.3. The molecule has 0 aliphatic heterocycles. The average Bonchev–Trinajstić information content (AvgIpc) is 2.96. The first-order valence-corrected chi connectivity index (χ1v) is 13.3. The standard InChI is InChI=1S/C31H29N3O5S/c1-20(35)32-23-13-15-24(16-14-23)33-31(37)29(21-8-5-4-6-9-21)40-26-11-7-10-25(19-26)34-30(36)22-12-17-27(38-2)28(18-22)39-3/h4-19,29H,1-3H3,(H,32,35)(H,33,37)(H,34,36). The largest absolute Gasteiger partial charge is 0.493 e. The molecule has 0 saturated heterocycles. The summed E-state index contributed by atoms with van der Waals surface area (Å²) < 4.78 is 10.6. The number of anilines is 3. The summed E-state index contributed by atoms with van der Waals surface area (Å²) in [6.45, 7) is 1.44. The normalized spacial score (nSPS) is 11.2. The molecule has 4 rings (SSSR count). The molecule has 0 bridgehead atoms. The number of nitrogens with one attached hydrogen (secondary N) is 3. The van der Waals surface area contributed by atoms with E-state index in [0.717, 1.165) is 10.5 Å². The summed E-state index contributed by atoms with van der Waals surface area (Å²) in [4.78, 5) is 38.5. The van der Waals surface area contributed by atoms with Crippen LogP contribution in [0.3, 0.4) is 0 Å². The van der Waals surface area contributed by atoms with E-state index in [1.165, 1.54) is 32.9 Å². The molecule has 0 spiro atoms. The minimum absolute atomic E-state index is 0.167. The van der Waals surface area contributed by atoms with Gasteiger partial charge in [-0.15, -0.1) is 11.8 Å². The highest BCUT2D eigenvalue weighted by molar-refractivity contribution is 8.00. The predicted octanol–water partition coefficient (Wildman–Crippen LogP) is 6.39. The highest BCUT2D eigenvalue weighted by atomic mass is 32.2. The van der Waals surface area contributed by atoms with Crippen LogP contribution in [0, 0.1) is 0 Å². The van der Waals surface area contributed by atoms with Crippen LogP contribution in [0.4, 0.5) is 17.1 Å². The maximum absolute atomic E-state index is 13.4. The Morgan fingerprint density at radius 2 is 1.35 bits per heavy atom. The van der Waals surface area contributed by atoms with Crippen molar-refractivity contribution in [1.82, 2.24) is 0 Å². The summed E-state index contributed by atoms with van der Waals surface area (Å²) in [6, 6.07) is 28.7. The van der Waals surface area contributed by atoms with Gasteiger partial charge in [-0.25, -0.2) is 0 Å². The lowest BCUT2D eigenvalue weighted by Gasteiger charge is -2.18. The zero-order valence-corrected chi connectivity index (χ0v) is 23.1. The predicted molar refractivity (Wildman–Crippen MR) is 158 cm³/mol. The third-order valence-corrected chi connectivity index (χ3v) is 7.05. The van der Waals surface area contributed by atoms with E-state index in [9.17, 15) is 14.4 Å². The Balaban J connectivity index is 1.51. The van der Waals surface area contributed by atoms with Gasteiger partial charge in [-0.05, 0) is 66.2 Å². The molecule has 0 aliphatic carbocycles. The first-order chi connectivity index (χ1) is 19.4. The molecule has 1 atom stereocenters. The number of thioether (sulfide) groups is 1. The molecule has 9 heteroatoms. The molecule has 0 saturated carbocycles. The molecular formula is C31H29N3O5S. The van der Waals surface area contributed by atoms with Gasteiger partial charge in [-0.3, -0.25) is 14.4 Å². The van der Waals surface area contributed by atoms with Crippen LogP contribution in [-0.4, -0.2) is 31.9 Å². The first-order valence-electron chi connectivity index (χ1n) is 12.4. The third-order valence-electron chi connectivity index (χ3n) is 5.80. The SMILES string of the molecule is COc1ccc(C(=O)Nc2cccc(SC(C(=O)Nc3ccc(NC(C)=O)cc3)c3ccccc3)c2)cc1OC. The van der Waals surface area contributed by atoms with E-state index in [4.69, 9.17) is 9.47 Å². The summed E-state index contributed by atoms with van der Waals surface area (Å²) in [5.41, 5.74) is 3.09. The fourth-order valence-corrected chi connectivity index (χ4v) is 5.00. The summed E-state index contributed by atoms with van der Waals surface area (Å²) in [6.07, 6.45) is 0. The number of rotatable bonds is 10. The average molecular weight is 556 g/mol. The smallest absolute Gasteiger partial charge is 0.255 e. The Hall–Kier alpha value is -4.76. The topological polar surface area (TPSA) is 106 Å². The summed E-state index contributed by atoms with van der Waals surface area (Å²) in [7, 11) is 3.05. The number of carbonyl (C=O) groups excluding carboxylic acids is 3. The Morgan fingerprint density at radius 3 is 2.00 bits per heavy atom. The highest BCUT2D eigenvalue weighted by Crippen LogP contribution is 2.37. The van der Waals surface area contributed by atoms with Crippen LogP contribution in [0.1, 0.15) is 28.1 Å². The van der Waals surface area contributed by atoms with E-state index in [2.05, 4.69) is 16.0 Å². The number of hydrogen-bond acceptors (Lipinski definition) is 6. The minimum Gasteiger partial charge on any atom is -0.493 e. The summed E-state index contributed by atoms with van der Waals surface area (Å²) in [5.74, 6) is 0.318. The lowest BCUT2D eigenvalue weighted by molar-refractivity contribution is -0.116. The number of carbonyl (C=O) groups is 3. The lowest BCUT2D eigenvalue weighted by atomic mass is 10.1. The van der Waals surface area contributed by atoms with Gasteiger partial charge >= 0.3 is 0 Å². The van der Waals surface area contributed by atoms with E-state index in [-0.39, 0.29) is 17.7 Å². The minimum atomic E-state index is -0.562. The van der Waals surface area contributed by atoms with Gasteiger partial charge in [0.2, 0.25) is 11.8 Å². The molecule has 4 aromatic carbocycles. The molecule has 0 radical (unpaired) electrons. The molecule has 8 nitrogen and oxygen atoms in total. The number of amides is 3. The monoisotopic (exact) mass is 555 g/mol. The van der Waals surface area contributed by atoms with Crippen LogP contribution in [0.15, 0.2) is 102 Å². The van der Waals surface area contributed by atoms with Gasteiger partial charge in [0.15, 0.2) is 11.5 Å². The second-order valence-corrected chi connectivity index (χ2v) is 9.89. The van der Waals surface area contributed by atoms with E-state index < -0.39 is 5.25 Å². The van der Waals surface area contributed by atoms with Crippen molar-refractivity contribution in [1.29, 1.82) is 0 Å². The molecule has 3 amide bonds. The van der Waals surface area contributed by atoms with Crippen LogP contribution < -0.4 is 25.4 Å². The van der Waals surface area contributed by atoms with Crippen LogP contribution in [0.5, 0.6) is 11.5 Å². The molecule has 1 unspecified atom stereocenters. The summed E-state index contributed by atoms with van der Waals surface area (Å²) in [5, 5.41) is 8.02. The van der Waals surface area contributed by atoms with Gasteiger partial charge in [0.25, 0.3) is 5.91 Å². The quantitative estimate of drug-likeness (QED) is 0.196. The molecule has 0 aromatic heterocycles. The van der Waals surface area contributed by atoms with Crippen LogP contribution in [-0.2, 0) is 9.59 Å². The Kier molecular flexibility index (Phi) is 9.43. The van der Waals surface area contributed by atoms with Crippen molar-refractivity contribution >= 4 is 46.5 Å². The zero-order chi connectivity index (χ0) is 28.5. The van der Waals surface area contributed by atoms with Gasteiger partial charge in [-0.1, -0.05) is 36.4 Å². The highest BCUT2D eigenvalue weighted by Gasteiger charge is 2.22. The molecular weight excluding hydrogens is 526 g/mol. The molecule has 0 aliphatic rings. The van der Waals surface area contributed by atoms with Crippen LogP contribution >= 0.6 is 11.8 Å². The van der Waals surface area contributed by atoms with Crippen molar-refractivity contribution in [2.75, 3.05) is 30.2 Å². The summed E-state index contributed by atoms with van der Waals surface area (Å²) >= 11 is 1.37. The van der Waals surface area contributed by atoms with Crippen LogP contribution in [0.25, 0.3) is 0 Å². The van der Waals surface area contributed by atoms with Gasteiger partial charge in [0, 0.05) is 34.4 Å². The van der Waals surface area contributed by atoms with E-state index in [1.807, 2.05) is 48.5 Å². The van der Waals surface area contributed by atoms with Gasteiger partial charge in [0.1, 0.15) is 5.25 Å². The van der Waals surface area contributed by atoms with Gasteiger partial charge in [-0.2, -0.15) is 0 Å². The number of methoxy groups -OCH3 is 2. The lowest BCUT2D eigenvalue weighted by Crippen LogP contribution is -2.19. The third kappa shape index (κ3) is 7.42. The van der Waals surface area contributed by atoms with E-state index in [0.29, 0.717) is 34.1 Å². The Morgan fingerprint density at radius 1 is 0.675 bits per heavy atom. The Labute approximate surface area is 237 Å². The van der Waals surface area contributed by atoms with Crippen molar-refractivity contribution in [3.05, 3.63) is 108 Å². The second-order valence-electron chi connectivity index (χ2n) is 8.71. The molecule has 40 heavy (non-hydrogen) atoms. The number of benzene rings is 4. The number of ether oxygens (including phenoxy) is 2. The van der Waals surface area contributed by atoms with Gasteiger partial charge < -0.3 is 25.4 Å². The fraction of sp³-hybridized carbons (Fsp3) is 0.129. The van der Waals surface area contributed by atoms with Crippen molar-refractivity contribution in [3.63, 3.8) is 0 Å². The molecule has 3 N–H and O–H groups in total. The van der Waals surface area contributed by atoms with Crippen molar-refractivity contribution in [3.8, 4) is 11.5 Å². The molecule has 4 aromatic rings. The number of hydrogen-bond donors (Lipinski definition) is 3. The molecule has 0 heterocycles. The Bertz CT molecular complexity index is 1490. The van der Waals surface area contributed by atoms with Crippen molar-refractivity contribution in [2.24, 2.45) is 0 Å². The van der Waals surface area contributed by atoms with Gasteiger partial charge in [0.05, 0.1) is 14.2 Å². The van der Waals surface area contributed by atoms with E-state index >= 15 is 0 Å². The van der Waals surface area contributed by atoms with E-state index in [1.54, 1.807) is 48.5 Å². The first kappa shape index (κ1) is 28.3. The van der Waals surface area contributed by atoms with Crippen LogP contribution in [0.2, 0.25) is 0 Å². The molecule has 204 valence electrons. The van der Waals surface area contributed by atoms with Crippen molar-refractivity contribution in [2.45, 2.75) is 17.1 Å². The molecule has 0 fully saturated rings. The van der Waals surface area contributed by atoms with Crippen molar-refractivity contribution < 1.29 is 23.9 Å². The maximum Gasteiger partial charge on any atom is 0.255 e. The maximum atomic E-state index is 13.4. The fourth-order valence-electron chi connectivity index (χ4n) is 3.91. The second kappa shape index (κ2) is 13.3.